The number of alkyl halides is 5. The van der Waals surface area contributed by atoms with E-state index in [-0.39, 0.29) is 37.3 Å². The summed E-state index contributed by atoms with van der Waals surface area (Å²) in [5.74, 6) is -3.05. The number of nitrogens with one attached hydrogen (secondary N) is 2. The number of aromatic nitrogens is 2. The zero-order chi connectivity index (χ0) is 20.9. The van der Waals surface area contributed by atoms with Crippen molar-refractivity contribution in [3.8, 4) is 0 Å². The summed E-state index contributed by atoms with van der Waals surface area (Å²) in [6.07, 6.45) is -2.91. The van der Waals surface area contributed by atoms with Crippen LogP contribution < -0.4 is 5.32 Å². The van der Waals surface area contributed by atoms with Gasteiger partial charge in [-0.25, -0.2) is 13.8 Å². The van der Waals surface area contributed by atoms with Gasteiger partial charge >= 0.3 is 6.18 Å². The molecule has 3 heterocycles. The number of likely N-dealkylation sites (tertiary alicyclic amines) is 1. The van der Waals surface area contributed by atoms with Gasteiger partial charge < -0.3 is 15.1 Å². The van der Waals surface area contributed by atoms with Crippen LogP contribution in [0.1, 0.15) is 43.6 Å². The van der Waals surface area contributed by atoms with E-state index in [0.29, 0.717) is 25.9 Å². The van der Waals surface area contributed by atoms with E-state index >= 15 is 0 Å². The lowest BCUT2D eigenvalue weighted by Gasteiger charge is -2.38. The number of oxime groups is 1. The third kappa shape index (κ3) is 4.36. The molecular weight excluding hydrogens is 401 g/mol. The Bertz CT molecular complexity index is 815. The number of carbonyl (C=O) groups is 1. The number of H-pyrrole nitrogens is 1. The zero-order valence-corrected chi connectivity index (χ0v) is 15.4. The summed E-state index contributed by atoms with van der Waals surface area (Å²) in [5, 5.41) is 6.40. The Morgan fingerprint density at radius 1 is 1.38 bits per heavy atom. The van der Waals surface area contributed by atoms with Crippen molar-refractivity contribution in [3.63, 3.8) is 0 Å². The van der Waals surface area contributed by atoms with E-state index in [9.17, 15) is 26.7 Å². The van der Waals surface area contributed by atoms with Crippen molar-refractivity contribution in [1.82, 2.24) is 20.2 Å². The van der Waals surface area contributed by atoms with Crippen molar-refractivity contribution in [2.75, 3.05) is 13.1 Å². The number of imidazole rings is 1. The third-order valence-corrected chi connectivity index (χ3v) is 5.45. The van der Waals surface area contributed by atoms with Crippen LogP contribution in [0.5, 0.6) is 0 Å². The molecule has 1 spiro atoms. The van der Waals surface area contributed by atoms with Gasteiger partial charge in [-0.15, -0.1) is 0 Å². The number of piperidine rings is 1. The predicted molar refractivity (Wildman–Crippen MR) is 90.1 cm³/mol. The van der Waals surface area contributed by atoms with Crippen LogP contribution in [-0.4, -0.2) is 57.1 Å². The molecule has 1 aromatic rings. The number of hydrogen-bond donors (Lipinski definition) is 2. The molecule has 160 valence electrons. The fourth-order valence-electron chi connectivity index (χ4n) is 4.02. The van der Waals surface area contributed by atoms with Crippen LogP contribution in [0.2, 0.25) is 0 Å². The van der Waals surface area contributed by atoms with Gasteiger partial charge in [-0.1, -0.05) is 5.16 Å². The highest BCUT2D eigenvalue weighted by molar-refractivity contribution is 6.39. The maximum atomic E-state index is 12.9. The molecule has 0 radical (unpaired) electrons. The molecule has 1 atom stereocenters. The molecule has 1 saturated heterocycles. The molecular formula is C17H20F5N5O2. The van der Waals surface area contributed by atoms with E-state index in [4.69, 9.17) is 4.84 Å². The molecule has 1 unspecified atom stereocenters. The Morgan fingerprint density at radius 2 is 2.14 bits per heavy atom. The molecule has 4 rings (SSSR count). The second-order valence-corrected chi connectivity index (χ2v) is 7.98. The second-order valence-electron chi connectivity index (χ2n) is 7.98. The highest BCUT2D eigenvalue weighted by Gasteiger charge is 2.48. The van der Waals surface area contributed by atoms with Gasteiger partial charge in [0.2, 0.25) is 0 Å². The predicted octanol–water partition coefficient (Wildman–Crippen LogP) is 2.45. The fraction of sp³-hybridized carbons (Fsp3) is 0.706. The van der Waals surface area contributed by atoms with Crippen LogP contribution >= 0.6 is 0 Å². The van der Waals surface area contributed by atoms with Crippen molar-refractivity contribution >= 4 is 11.6 Å². The highest BCUT2D eigenvalue weighted by atomic mass is 19.4. The molecule has 1 aromatic heterocycles. The quantitative estimate of drug-likeness (QED) is 0.732. The highest BCUT2D eigenvalue weighted by Crippen LogP contribution is 2.38. The lowest BCUT2D eigenvalue weighted by molar-refractivity contribution is -0.141. The molecule has 2 N–H and O–H groups in total. The summed E-state index contributed by atoms with van der Waals surface area (Å²) in [5.41, 5.74) is -1.49. The van der Waals surface area contributed by atoms with Crippen LogP contribution in [0.4, 0.5) is 22.0 Å². The van der Waals surface area contributed by atoms with E-state index in [1.165, 1.54) is 0 Å². The number of carbonyl (C=O) groups excluding carboxylic acids is 1. The van der Waals surface area contributed by atoms with E-state index in [2.05, 4.69) is 20.4 Å². The number of hydrogen-bond acceptors (Lipinski definition) is 5. The lowest BCUT2D eigenvalue weighted by atomic mass is 9.86. The number of nitrogens with zero attached hydrogens (tertiary/aromatic N) is 3. The van der Waals surface area contributed by atoms with Crippen LogP contribution in [0.3, 0.4) is 0 Å². The summed E-state index contributed by atoms with van der Waals surface area (Å²) >= 11 is 0. The molecule has 0 bridgehead atoms. The second kappa shape index (κ2) is 6.92. The minimum absolute atomic E-state index is 0.152. The summed E-state index contributed by atoms with van der Waals surface area (Å²) in [6.45, 7) is 1.20. The Kier molecular flexibility index (Phi) is 4.79. The van der Waals surface area contributed by atoms with Gasteiger partial charge in [-0.3, -0.25) is 9.69 Å². The van der Waals surface area contributed by atoms with Gasteiger partial charge in [0.1, 0.15) is 17.2 Å². The maximum Gasteiger partial charge on any atom is 0.432 e. The lowest BCUT2D eigenvalue weighted by Crippen LogP contribution is -2.53. The minimum atomic E-state index is -4.48. The molecule has 12 heteroatoms. The van der Waals surface area contributed by atoms with Gasteiger partial charge in [0.25, 0.3) is 11.8 Å². The summed E-state index contributed by atoms with van der Waals surface area (Å²) < 4.78 is 63.9. The molecule has 1 amide bonds. The first-order valence-electron chi connectivity index (χ1n) is 9.31. The van der Waals surface area contributed by atoms with Gasteiger partial charge in [0.15, 0.2) is 5.60 Å². The van der Waals surface area contributed by atoms with Gasteiger partial charge in [0, 0.05) is 31.8 Å². The van der Waals surface area contributed by atoms with Crippen molar-refractivity contribution < 1.29 is 31.6 Å². The maximum absolute atomic E-state index is 12.9. The Balaban J connectivity index is 1.32. The number of rotatable bonds is 4. The first-order chi connectivity index (χ1) is 13.5. The molecule has 2 aliphatic heterocycles. The van der Waals surface area contributed by atoms with Gasteiger partial charge in [-0.2, -0.15) is 13.2 Å². The van der Waals surface area contributed by atoms with Crippen molar-refractivity contribution in [2.24, 2.45) is 5.16 Å². The SMILES string of the molecule is O=C(NC1CC(F)(F)C1)C1=NOC2(CCCN(Cc3ncc(C(F)(F)F)[nH]3)C2)C1. The Morgan fingerprint density at radius 3 is 2.79 bits per heavy atom. The van der Waals surface area contributed by atoms with Gasteiger partial charge in [0.05, 0.1) is 12.7 Å². The first-order valence-corrected chi connectivity index (χ1v) is 9.31. The van der Waals surface area contributed by atoms with E-state index in [0.717, 1.165) is 6.20 Å². The monoisotopic (exact) mass is 421 g/mol. The number of halogens is 5. The minimum Gasteiger partial charge on any atom is -0.387 e. The number of aromatic amines is 1. The summed E-state index contributed by atoms with van der Waals surface area (Å²) in [7, 11) is 0. The normalized spacial score (nSPS) is 27.4. The Labute approximate surface area is 162 Å². The molecule has 3 aliphatic rings. The molecule has 7 nitrogen and oxygen atoms in total. The average molecular weight is 421 g/mol. The zero-order valence-electron chi connectivity index (χ0n) is 15.4. The topological polar surface area (TPSA) is 82.6 Å². The van der Waals surface area contributed by atoms with Crippen molar-refractivity contribution in [3.05, 3.63) is 17.7 Å². The van der Waals surface area contributed by atoms with E-state index in [1.807, 2.05) is 4.90 Å². The fourth-order valence-corrected chi connectivity index (χ4v) is 4.02. The van der Waals surface area contributed by atoms with Crippen molar-refractivity contribution in [2.45, 2.75) is 62.4 Å². The van der Waals surface area contributed by atoms with Crippen LogP contribution in [0.15, 0.2) is 11.4 Å². The largest absolute Gasteiger partial charge is 0.432 e. The van der Waals surface area contributed by atoms with Crippen molar-refractivity contribution in [1.29, 1.82) is 0 Å². The van der Waals surface area contributed by atoms with Gasteiger partial charge in [-0.05, 0) is 19.4 Å². The molecule has 29 heavy (non-hydrogen) atoms. The molecule has 0 aromatic carbocycles. The van der Waals surface area contributed by atoms with Crippen LogP contribution in [0.25, 0.3) is 0 Å². The average Bonchev–Trinajstić information content (AvgIpc) is 3.21. The first kappa shape index (κ1) is 20.0. The smallest absolute Gasteiger partial charge is 0.387 e. The summed E-state index contributed by atoms with van der Waals surface area (Å²) in [4.78, 5) is 25.7. The van der Waals surface area contributed by atoms with Crippen LogP contribution in [0, 0.1) is 0 Å². The Hall–Kier alpha value is -2.24. The molecule has 1 saturated carbocycles. The standard InChI is InChI=1S/C17H20F5N5O2/c18-16(19)4-10(5-16)24-14(28)11-6-15(29-26-11)2-1-3-27(9-15)8-13-23-7-12(25-13)17(20,21)22/h7,10H,1-6,8-9H2,(H,23,25)(H,24,28). The van der Waals surface area contributed by atoms with E-state index in [1.54, 1.807) is 0 Å². The van der Waals surface area contributed by atoms with E-state index < -0.39 is 35.3 Å². The van der Waals surface area contributed by atoms with Crippen LogP contribution in [-0.2, 0) is 22.4 Å². The summed E-state index contributed by atoms with van der Waals surface area (Å²) in [6, 6.07) is -0.568. The third-order valence-electron chi connectivity index (χ3n) is 5.45. The molecule has 2 fully saturated rings. The molecule has 1 aliphatic carbocycles. The number of amides is 1.